The van der Waals surface area contributed by atoms with Crippen molar-refractivity contribution in [1.82, 2.24) is 9.97 Å². The molecule has 1 aromatic rings. The number of sulfone groups is 1. The van der Waals surface area contributed by atoms with Gasteiger partial charge in [0.1, 0.15) is 10.6 Å². The molecule has 34 heavy (non-hydrogen) atoms. The molecule has 0 radical (unpaired) electrons. The number of halogens is 1. The molecule has 1 saturated heterocycles. The van der Waals surface area contributed by atoms with Gasteiger partial charge in [0.2, 0.25) is 5.28 Å². The third-order valence-corrected chi connectivity index (χ3v) is 16.2. The van der Waals surface area contributed by atoms with Crippen LogP contribution in [0, 0.1) is 0 Å². The molecule has 2 rings (SSSR count). The van der Waals surface area contributed by atoms with Crippen LogP contribution in [0.1, 0.15) is 74.4 Å². The van der Waals surface area contributed by atoms with Gasteiger partial charge in [-0.3, -0.25) is 0 Å². The Morgan fingerprint density at radius 3 is 2.29 bits per heavy atom. The summed E-state index contributed by atoms with van der Waals surface area (Å²) in [5.41, 5.74) is 1.80. The van der Waals surface area contributed by atoms with Crippen LogP contribution in [0.25, 0.3) is 0 Å². The Balaban J connectivity index is 2.18. The second-order valence-electron chi connectivity index (χ2n) is 10.8. The predicted octanol–water partition coefficient (Wildman–Crippen LogP) is 5.59. The minimum atomic E-state index is -3.53. The standard InChI is InChI=1S/C24H44ClN3O4SSi/c1-17(2)34(18(3)4,19(5)6)32-12-10-14-33(29,30)24(8,9)21-15-22(27-23(25)26-21)28-11-13-31-16-20(28)7/h15,17-20H,10-14,16H2,1-9H3/t20-/m0/s1. The Kier molecular flexibility index (Phi) is 10.0. The van der Waals surface area contributed by atoms with Crippen LogP contribution < -0.4 is 4.90 Å². The number of rotatable bonds is 11. The lowest BCUT2D eigenvalue weighted by Crippen LogP contribution is -2.48. The maximum atomic E-state index is 13.5. The molecule has 0 N–H and O–H groups in total. The summed E-state index contributed by atoms with van der Waals surface area (Å²) in [5.74, 6) is 0.669. The Labute approximate surface area is 213 Å². The molecule has 0 bridgehead atoms. The zero-order valence-electron chi connectivity index (χ0n) is 22.4. The predicted molar refractivity (Wildman–Crippen MR) is 143 cm³/mol. The van der Waals surface area contributed by atoms with Crippen molar-refractivity contribution in [2.75, 3.05) is 37.0 Å². The lowest BCUT2D eigenvalue weighted by atomic mass is 10.1. The van der Waals surface area contributed by atoms with Crippen molar-refractivity contribution in [2.24, 2.45) is 0 Å². The second kappa shape index (κ2) is 11.5. The van der Waals surface area contributed by atoms with Gasteiger partial charge in [-0.25, -0.2) is 18.4 Å². The molecule has 196 valence electrons. The molecule has 7 nitrogen and oxygen atoms in total. The van der Waals surface area contributed by atoms with E-state index < -0.39 is 22.9 Å². The fraction of sp³-hybridized carbons (Fsp3) is 0.833. The lowest BCUT2D eigenvalue weighted by molar-refractivity contribution is 0.0985. The van der Waals surface area contributed by atoms with Crippen LogP contribution in [0.3, 0.4) is 0 Å². The van der Waals surface area contributed by atoms with Crippen LogP contribution in [-0.4, -0.2) is 64.9 Å². The number of ether oxygens (including phenoxy) is 1. The van der Waals surface area contributed by atoms with Crippen LogP contribution in [0.2, 0.25) is 21.9 Å². The second-order valence-corrected chi connectivity index (χ2v) is 19.3. The van der Waals surface area contributed by atoms with Crippen LogP contribution in [-0.2, 0) is 23.7 Å². The average molecular weight is 534 g/mol. The third-order valence-electron chi connectivity index (χ3n) is 7.36. The summed E-state index contributed by atoms with van der Waals surface area (Å²) in [6.07, 6.45) is 0.457. The molecule has 1 aliphatic rings. The van der Waals surface area contributed by atoms with Crippen LogP contribution >= 0.6 is 11.6 Å². The molecule has 0 saturated carbocycles. The molecule has 10 heteroatoms. The number of hydrogen-bond donors (Lipinski definition) is 0. The molecular weight excluding hydrogens is 490 g/mol. The molecule has 0 aliphatic carbocycles. The number of morpholine rings is 1. The van der Waals surface area contributed by atoms with E-state index in [0.29, 0.717) is 60.9 Å². The van der Waals surface area contributed by atoms with Crippen LogP contribution in [0.4, 0.5) is 5.82 Å². The van der Waals surface area contributed by atoms with E-state index in [-0.39, 0.29) is 17.1 Å². The summed E-state index contributed by atoms with van der Waals surface area (Å²) >= 11 is 6.25. The van der Waals surface area contributed by atoms with E-state index in [4.69, 9.17) is 20.8 Å². The van der Waals surface area contributed by atoms with Crippen molar-refractivity contribution < 1.29 is 17.6 Å². The van der Waals surface area contributed by atoms with E-state index in [1.54, 1.807) is 19.9 Å². The summed E-state index contributed by atoms with van der Waals surface area (Å²) in [7, 11) is -5.55. The highest BCUT2D eigenvalue weighted by Crippen LogP contribution is 2.42. The van der Waals surface area contributed by atoms with Crippen molar-refractivity contribution in [3.8, 4) is 0 Å². The quantitative estimate of drug-likeness (QED) is 0.208. The van der Waals surface area contributed by atoms with Crippen LogP contribution in [0.15, 0.2) is 6.07 Å². The van der Waals surface area contributed by atoms with Gasteiger partial charge < -0.3 is 14.1 Å². The molecule has 1 aromatic heterocycles. The first-order valence-electron chi connectivity index (χ1n) is 12.4. The molecule has 1 fully saturated rings. The highest BCUT2D eigenvalue weighted by atomic mass is 35.5. The van der Waals surface area contributed by atoms with Gasteiger partial charge in [0.05, 0.1) is 30.7 Å². The van der Waals surface area contributed by atoms with Gasteiger partial charge in [-0.05, 0) is 55.4 Å². The molecule has 1 aliphatic heterocycles. The third kappa shape index (κ3) is 6.14. The fourth-order valence-electron chi connectivity index (χ4n) is 5.34. The SMILES string of the molecule is CC(C)[Si](OCCCS(=O)(=O)C(C)(C)c1cc(N2CCOC[C@@H]2C)nc(Cl)n1)(C(C)C)C(C)C. The Hall–Kier alpha value is -0.743. The summed E-state index contributed by atoms with van der Waals surface area (Å²) in [6, 6.07) is 1.88. The smallest absolute Gasteiger partial charge is 0.224 e. The van der Waals surface area contributed by atoms with Gasteiger partial charge in [0.25, 0.3) is 0 Å². The number of nitrogens with zero attached hydrogens (tertiary/aromatic N) is 3. The summed E-state index contributed by atoms with van der Waals surface area (Å²) < 4.78 is 37.8. The maximum absolute atomic E-state index is 13.5. The van der Waals surface area contributed by atoms with Gasteiger partial charge in [-0.1, -0.05) is 41.5 Å². The van der Waals surface area contributed by atoms with E-state index in [1.807, 2.05) is 6.92 Å². The Bertz CT molecular complexity index is 903. The highest BCUT2D eigenvalue weighted by molar-refractivity contribution is 7.92. The first-order chi connectivity index (χ1) is 15.7. The fourth-order valence-corrected chi connectivity index (χ4v) is 12.4. The first-order valence-corrected chi connectivity index (χ1v) is 16.6. The van der Waals surface area contributed by atoms with Crippen molar-refractivity contribution in [2.45, 2.75) is 96.1 Å². The number of aromatic nitrogens is 2. The first kappa shape index (κ1) is 29.5. The van der Waals surface area contributed by atoms with Crippen molar-refractivity contribution >= 4 is 35.6 Å². The van der Waals surface area contributed by atoms with Crippen LogP contribution in [0.5, 0.6) is 0 Å². The Morgan fingerprint density at radius 2 is 1.76 bits per heavy atom. The minimum absolute atomic E-state index is 0.0314. The van der Waals surface area contributed by atoms with E-state index >= 15 is 0 Å². The normalized spacial score (nSPS) is 18.4. The van der Waals surface area contributed by atoms with E-state index in [1.165, 1.54) is 0 Å². The molecular formula is C24H44ClN3O4SSi. The minimum Gasteiger partial charge on any atom is -0.416 e. The van der Waals surface area contributed by atoms with Gasteiger partial charge in [0.15, 0.2) is 18.2 Å². The summed E-state index contributed by atoms with van der Waals surface area (Å²) in [6.45, 7) is 21.2. The summed E-state index contributed by atoms with van der Waals surface area (Å²) in [4.78, 5) is 10.8. The topological polar surface area (TPSA) is 81.6 Å². The monoisotopic (exact) mass is 533 g/mol. The van der Waals surface area contributed by atoms with Crippen molar-refractivity contribution in [3.05, 3.63) is 17.0 Å². The van der Waals surface area contributed by atoms with E-state index in [2.05, 4.69) is 56.4 Å². The molecule has 0 aromatic carbocycles. The van der Waals surface area contributed by atoms with Crippen molar-refractivity contribution in [1.29, 1.82) is 0 Å². The zero-order chi connectivity index (χ0) is 25.9. The average Bonchev–Trinajstić information content (AvgIpc) is 2.72. The molecule has 1 atom stereocenters. The van der Waals surface area contributed by atoms with Gasteiger partial charge in [-0.15, -0.1) is 0 Å². The maximum Gasteiger partial charge on any atom is 0.224 e. The highest BCUT2D eigenvalue weighted by Gasteiger charge is 2.45. The van der Waals surface area contributed by atoms with E-state index in [9.17, 15) is 8.42 Å². The van der Waals surface area contributed by atoms with Crippen molar-refractivity contribution in [3.63, 3.8) is 0 Å². The zero-order valence-corrected chi connectivity index (χ0v) is 25.0. The summed E-state index contributed by atoms with van der Waals surface area (Å²) in [5, 5.41) is 0.0550. The lowest BCUT2D eigenvalue weighted by Gasteiger charge is -2.42. The Morgan fingerprint density at radius 1 is 1.18 bits per heavy atom. The molecule has 2 heterocycles. The number of hydrogen-bond acceptors (Lipinski definition) is 7. The number of anilines is 1. The largest absolute Gasteiger partial charge is 0.416 e. The van der Waals surface area contributed by atoms with Gasteiger partial charge in [-0.2, -0.15) is 0 Å². The molecule has 0 spiro atoms. The molecule has 0 amide bonds. The van der Waals surface area contributed by atoms with Gasteiger partial charge in [0, 0.05) is 19.2 Å². The molecule has 0 unspecified atom stereocenters. The van der Waals surface area contributed by atoms with Gasteiger partial charge >= 0.3 is 0 Å². The van der Waals surface area contributed by atoms with E-state index in [0.717, 1.165) is 0 Å².